The van der Waals surface area contributed by atoms with Gasteiger partial charge in [-0.25, -0.2) is 4.98 Å². The van der Waals surface area contributed by atoms with Crippen LogP contribution in [0.2, 0.25) is 0 Å². The second-order valence-electron chi connectivity index (χ2n) is 7.22. The van der Waals surface area contributed by atoms with Gasteiger partial charge in [0.05, 0.1) is 27.5 Å². The van der Waals surface area contributed by atoms with Crippen LogP contribution in [0.15, 0.2) is 63.2 Å². The number of thioether (sulfide) groups is 1. The number of aromatic amines is 1. The van der Waals surface area contributed by atoms with Crippen LogP contribution in [-0.4, -0.2) is 27.0 Å². The number of benzene rings is 2. The number of fused-ring (bicyclic) bond motifs is 1. The fourth-order valence-corrected chi connectivity index (χ4v) is 4.81. The Balaban J connectivity index is 1.50. The van der Waals surface area contributed by atoms with Gasteiger partial charge in [-0.15, -0.1) is 11.8 Å². The number of H-pyrrole nitrogens is 1. The maximum Gasteiger partial charge on any atom is 0.282 e. The molecule has 1 N–H and O–H groups in total. The smallest absolute Gasteiger partial charge is 0.282 e. The van der Waals surface area contributed by atoms with E-state index in [4.69, 9.17) is 0 Å². The average Bonchev–Trinajstić information content (AvgIpc) is 3.37. The molecule has 5 nitrogen and oxygen atoms in total. The summed E-state index contributed by atoms with van der Waals surface area (Å²) in [6, 6.07) is 16.7. The molecule has 0 atom stereocenters. The van der Waals surface area contributed by atoms with Crippen LogP contribution in [0.5, 0.6) is 0 Å². The number of nitrogens with one attached hydrogen (secondary N) is 1. The Hall–Kier alpha value is -2.64. The molecule has 7 heteroatoms. The Morgan fingerprint density at radius 1 is 1.24 bits per heavy atom. The van der Waals surface area contributed by atoms with Crippen molar-refractivity contribution in [3.05, 3.63) is 75.7 Å². The van der Waals surface area contributed by atoms with E-state index < -0.39 is 0 Å². The Labute approximate surface area is 176 Å². The molecule has 5 rings (SSSR count). The van der Waals surface area contributed by atoms with Gasteiger partial charge in [-0.1, -0.05) is 41.2 Å². The second kappa shape index (κ2) is 7.65. The number of thiazole rings is 1. The first-order valence-corrected chi connectivity index (χ1v) is 11.4. The number of rotatable bonds is 6. The Morgan fingerprint density at radius 3 is 2.79 bits per heavy atom. The van der Waals surface area contributed by atoms with Crippen LogP contribution in [-0.2, 0) is 5.75 Å². The van der Waals surface area contributed by atoms with E-state index in [-0.39, 0.29) is 5.56 Å². The van der Waals surface area contributed by atoms with Gasteiger partial charge >= 0.3 is 0 Å². The van der Waals surface area contributed by atoms with Crippen molar-refractivity contribution in [1.29, 1.82) is 0 Å². The van der Waals surface area contributed by atoms with Crippen LogP contribution in [0.3, 0.4) is 0 Å². The molecule has 0 bridgehead atoms. The topological polar surface area (TPSA) is 63.0 Å². The van der Waals surface area contributed by atoms with Gasteiger partial charge in [-0.05, 0) is 44.0 Å². The number of hydrogen-bond acceptors (Lipinski definition) is 5. The summed E-state index contributed by atoms with van der Waals surface area (Å²) in [6.45, 7) is 2.08. The molecule has 0 spiro atoms. The maximum atomic E-state index is 13.2. The maximum absolute atomic E-state index is 13.2. The molecule has 146 valence electrons. The average molecular weight is 421 g/mol. The molecule has 0 radical (unpaired) electrons. The molecule has 29 heavy (non-hydrogen) atoms. The van der Waals surface area contributed by atoms with E-state index in [0.717, 1.165) is 28.8 Å². The van der Waals surface area contributed by atoms with Crippen molar-refractivity contribution in [2.75, 3.05) is 0 Å². The highest BCUT2D eigenvalue weighted by molar-refractivity contribution is 7.98. The highest BCUT2D eigenvalue weighted by atomic mass is 32.2. The van der Waals surface area contributed by atoms with Crippen molar-refractivity contribution in [2.24, 2.45) is 4.99 Å². The molecule has 2 heterocycles. The minimum Gasteiger partial charge on any atom is -0.291 e. The number of aliphatic imine (C=N–C) groups is 1. The lowest BCUT2D eigenvalue weighted by molar-refractivity contribution is 0.827. The molecule has 0 aliphatic heterocycles. The predicted molar refractivity (Wildman–Crippen MR) is 121 cm³/mol. The third-order valence-electron chi connectivity index (χ3n) is 4.84. The molecule has 2 aromatic carbocycles. The summed E-state index contributed by atoms with van der Waals surface area (Å²) in [4.78, 5) is 23.5. The molecule has 2 aromatic heterocycles. The summed E-state index contributed by atoms with van der Waals surface area (Å²) in [5.41, 5.74) is 3.56. The second-order valence-corrected chi connectivity index (χ2v) is 9.28. The summed E-state index contributed by atoms with van der Waals surface area (Å²) in [5, 5.41) is 3.95. The van der Waals surface area contributed by atoms with Crippen LogP contribution in [0, 0.1) is 6.92 Å². The summed E-state index contributed by atoms with van der Waals surface area (Å²) in [7, 11) is 0. The van der Waals surface area contributed by atoms with E-state index in [1.807, 2.05) is 24.3 Å². The Morgan fingerprint density at radius 2 is 2.03 bits per heavy atom. The largest absolute Gasteiger partial charge is 0.291 e. The van der Waals surface area contributed by atoms with E-state index in [1.54, 1.807) is 22.7 Å². The van der Waals surface area contributed by atoms with Crippen LogP contribution in [0.25, 0.3) is 15.3 Å². The minimum atomic E-state index is -0.0898. The number of aryl methyl sites for hydroxylation is 1. The lowest BCUT2D eigenvalue weighted by atomic mass is 10.2. The van der Waals surface area contributed by atoms with Crippen LogP contribution in [0.1, 0.15) is 29.7 Å². The van der Waals surface area contributed by atoms with Crippen LogP contribution in [0.4, 0.5) is 0 Å². The van der Waals surface area contributed by atoms with Gasteiger partial charge < -0.3 is 0 Å². The Bertz CT molecular complexity index is 1210. The van der Waals surface area contributed by atoms with Crippen molar-refractivity contribution in [2.45, 2.75) is 36.5 Å². The molecule has 1 aliphatic rings. The van der Waals surface area contributed by atoms with E-state index in [1.165, 1.54) is 21.8 Å². The molecule has 0 saturated heterocycles. The fourth-order valence-electron chi connectivity index (χ4n) is 3.02. The number of nitrogens with zero attached hydrogens (tertiary/aromatic N) is 3. The normalized spacial score (nSPS) is 14.2. The molecule has 1 fully saturated rings. The number of para-hydroxylation sites is 1. The summed E-state index contributed by atoms with van der Waals surface area (Å²) >= 11 is 3.22. The van der Waals surface area contributed by atoms with Crippen LogP contribution < -0.4 is 5.56 Å². The van der Waals surface area contributed by atoms with E-state index in [2.05, 4.69) is 46.3 Å². The van der Waals surface area contributed by atoms with Crippen molar-refractivity contribution in [1.82, 2.24) is 14.8 Å². The quantitative estimate of drug-likeness (QED) is 0.354. The molecule has 1 aliphatic carbocycles. The van der Waals surface area contributed by atoms with Crippen molar-refractivity contribution in [3.63, 3.8) is 0 Å². The van der Waals surface area contributed by atoms with Gasteiger partial charge in [0.25, 0.3) is 5.56 Å². The minimum absolute atomic E-state index is 0.0898. The van der Waals surface area contributed by atoms with E-state index in [0.29, 0.717) is 22.5 Å². The van der Waals surface area contributed by atoms with Gasteiger partial charge in [0, 0.05) is 16.9 Å². The van der Waals surface area contributed by atoms with Gasteiger partial charge in [-0.2, -0.15) is 4.68 Å². The van der Waals surface area contributed by atoms with Crippen molar-refractivity contribution >= 4 is 39.5 Å². The summed E-state index contributed by atoms with van der Waals surface area (Å²) in [6.07, 6.45) is 3.98. The van der Waals surface area contributed by atoms with E-state index in [9.17, 15) is 4.79 Å². The van der Waals surface area contributed by atoms with Gasteiger partial charge in [-0.3, -0.25) is 14.9 Å². The summed E-state index contributed by atoms with van der Waals surface area (Å²) in [5.74, 6) is 0.669. The first kappa shape index (κ1) is 18.4. The zero-order valence-corrected chi connectivity index (χ0v) is 17.6. The van der Waals surface area contributed by atoms with Crippen LogP contribution >= 0.6 is 23.1 Å². The number of aromatic nitrogens is 3. The molecule has 1 saturated carbocycles. The standard InChI is InChI=1S/C22H20N4OS2/c1-14-6-10-16(11-7-14)28-13-19-17(12-23-15-8-9-15)21(27)26(25-19)22-24-18-4-2-3-5-20(18)29-22/h2-7,10-12,15,25H,8-9,13H2,1H3. The lowest BCUT2D eigenvalue weighted by Gasteiger charge is -2.02. The third-order valence-corrected chi connectivity index (χ3v) is 6.90. The summed E-state index contributed by atoms with van der Waals surface area (Å²) < 4.78 is 2.62. The van der Waals surface area contributed by atoms with Gasteiger partial charge in [0.15, 0.2) is 0 Å². The highest BCUT2D eigenvalue weighted by Crippen LogP contribution is 2.27. The SMILES string of the molecule is Cc1ccc(SCc2[nH]n(-c3nc4ccccc4s3)c(=O)c2C=NC2CC2)cc1. The first-order valence-electron chi connectivity index (χ1n) is 9.60. The molecular formula is C22H20N4OS2. The molecule has 4 aromatic rings. The molecular weight excluding hydrogens is 400 g/mol. The first-order chi connectivity index (χ1) is 14.2. The third kappa shape index (κ3) is 3.93. The predicted octanol–water partition coefficient (Wildman–Crippen LogP) is 4.96. The van der Waals surface area contributed by atoms with Crippen molar-refractivity contribution < 1.29 is 0 Å². The fraction of sp³-hybridized carbons (Fsp3) is 0.227. The van der Waals surface area contributed by atoms with E-state index >= 15 is 0 Å². The molecule has 0 amide bonds. The zero-order chi connectivity index (χ0) is 19.8. The zero-order valence-electron chi connectivity index (χ0n) is 16.0. The van der Waals surface area contributed by atoms with Crippen molar-refractivity contribution in [3.8, 4) is 5.13 Å². The van der Waals surface area contributed by atoms with Gasteiger partial charge in [0.1, 0.15) is 0 Å². The Kier molecular flexibility index (Phi) is 4.85. The highest BCUT2D eigenvalue weighted by Gasteiger charge is 2.21. The number of hydrogen-bond donors (Lipinski definition) is 1. The molecule has 0 unspecified atom stereocenters. The monoisotopic (exact) mass is 420 g/mol. The van der Waals surface area contributed by atoms with Gasteiger partial charge in [0.2, 0.25) is 5.13 Å². The lowest BCUT2D eigenvalue weighted by Crippen LogP contribution is -2.17.